The molecule has 0 aliphatic heterocycles. The standard InChI is InChI=1S/C19H22N6OS/c1-25(2)11-4-7-17(26)22-14-5-3-6-15(13-14)23-19-21-9-8-16(24-19)18-20-10-12-27-18/h3,5-6,8-10,12-13H,4,7,11H2,1-2H3,(H,22,26)(H,21,23,24). The van der Waals surface area contributed by atoms with Crippen LogP contribution in [-0.2, 0) is 4.79 Å². The van der Waals surface area contributed by atoms with Crippen LogP contribution in [-0.4, -0.2) is 46.4 Å². The highest BCUT2D eigenvalue weighted by atomic mass is 32.1. The van der Waals surface area contributed by atoms with Crippen LogP contribution in [0.3, 0.4) is 0 Å². The van der Waals surface area contributed by atoms with Gasteiger partial charge in [-0.05, 0) is 51.3 Å². The van der Waals surface area contributed by atoms with E-state index in [1.807, 2.05) is 49.8 Å². The molecule has 8 heteroatoms. The molecule has 0 fully saturated rings. The van der Waals surface area contributed by atoms with Crippen LogP contribution in [0.1, 0.15) is 12.8 Å². The maximum Gasteiger partial charge on any atom is 0.227 e. The van der Waals surface area contributed by atoms with Gasteiger partial charge in [0.25, 0.3) is 0 Å². The van der Waals surface area contributed by atoms with Crippen molar-refractivity contribution >= 4 is 34.6 Å². The first kappa shape index (κ1) is 18.9. The van der Waals surface area contributed by atoms with E-state index in [2.05, 4.69) is 30.5 Å². The number of hydrogen-bond acceptors (Lipinski definition) is 7. The molecule has 2 aromatic heterocycles. The van der Waals surface area contributed by atoms with Crippen molar-refractivity contribution in [2.45, 2.75) is 12.8 Å². The van der Waals surface area contributed by atoms with Crippen molar-refractivity contribution in [1.82, 2.24) is 19.9 Å². The fourth-order valence-corrected chi connectivity index (χ4v) is 3.08. The summed E-state index contributed by atoms with van der Waals surface area (Å²) in [7, 11) is 4.00. The van der Waals surface area contributed by atoms with Gasteiger partial charge in [0.05, 0.1) is 0 Å². The molecule has 0 saturated heterocycles. The molecule has 27 heavy (non-hydrogen) atoms. The highest BCUT2D eigenvalue weighted by Crippen LogP contribution is 2.22. The van der Waals surface area contributed by atoms with Crippen LogP contribution in [0.4, 0.5) is 17.3 Å². The van der Waals surface area contributed by atoms with E-state index in [1.54, 1.807) is 12.4 Å². The lowest BCUT2D eigenvalue weighted by atomic mass is 10.2. The number of amides is 1. The lowest BCUT2D eigenvalue weighted by Gasteiger charge is -2.10. The number of nitrogens with zero attached hydrogens (tertiary/aromatic N) is 4. The molecule has 0 saturated carbocycles. The van der Waals surface area contributed by atoms with E-state index in [0.717, 1.165) is 35.0 Å². The predicted octanol–water partition coefficient (Wildman–Crippen LogP) is 3.62. The molecule has 1 amide bonds. The number of thiazole rings is 1. The largest absolute Gasteiger partial charge is 0.326 e. The summed E-state index contributed by atoms with van der Waals surface area (Å²) in [6.07, 6.45) is 4.77. The Bertz CT molecular complexity index is 881. The van der Waals surface area contributed by atoms with E-state index >= 15 is 0 Å². The summed E-state index contributed by atoms with van der Waals surface area (Å²) in [6.45, 7) is 0.891. The summed E-state index contributed by atoms with van der Waals surface area (Å²) in [5, 5.41) is 8.86. The molecule has 1 aromatic carbocycles. The minimum Gasteiger partial charge on any atom is -0.326 e. The Hall–Kier alpha value is -2.84. The average Bonchev–Trinajstić information content (AvgIpc) is 3.16. The SMILES string of the molecule is CN(C)CCCC(=O)Nc1cccc(Nc2nccc(-c3nccs3)n2)c1. The Morgan fingerprint density at radius 1 is 1.15 bits per heavy atom. The van der Waals surface area contributed by atoms with E-state index in [0.29, 0.717) is 12.4 Å². The van der Waals surface area contributed by atoms with Gasteiger partial charge in [-0.25, -0.2) is 15.0 Å². The fourth-order valence-electron chi connectivity index (χ4n) is 2.47. The zero-order chi connectivity index (χ0) is 19.1. The van der Waals surface area contributed by atoms with E-state index < -0.39 is 0 Å². The molecule has 0 atom stereocenters. The molecular formula is C19H22N6OS. The molecule has 0 aliphatic carbocycles. The Balaban J connectivity index is 1.62. The van der Waals surface area contributed by atoms with Crippen molar-refractivity contribution in [3.63, 3.8) is 0 Å². The third kappa shape index (κ3) is 5.83. The second-order valence-electron chi connectivity index (χ2n) is 6.26. The lowest BCUT2D eigenvalue weighted by Crippen LogP contribution is -2.17. The second kappa shape index (κ2) is 9.20. The molecule has 0 radical (unpaired) electrons. The van der Waals surface area contributed by atoms with Gasteiger partial charge >= 0.3 is 0 Å². The second-order valence-corrected chi connectivity index (χ2v) is 7.16. The van der Waals surface area contributed by atoms with Gasteiger partial charge in [-0.2, -0.15) is 0 Å². The summed E-state index contributed by atoms with van der Waals surface area (Å²) in [5.74, 6) is 0.494. The molecule has 0 unspecified atom stereocenters. The zero-order valence-corrected chi connectivity index (χ0v) is 16.2. The van der Waals surface area contributed by atoms with Crippen molar-refractivity contribution < 1.29 is 4.79 Å². The number of benzene rings is 1. The predicted molar refractivity (Wildman–Crippen MR) is 109 cm³/mol. The molecular weight excluding hydrogens is 360 g/mol. The Labute approximate surface area is 162 Å². The van der Waals surface area contributed by atoms with Gasteiger partial charge in [0.15, 0.2) is 0 Å². The van der Waals surface area contributed by atoms with Crippen molar-refractivity contribution in [3.8, 4) is 10.7 Å². The van der Waals surface area contributed by atoms with Gasteiger partial charge in [0.2, 0.25) is 11.9 Å². The van der Waals surface area contributed by atoms with Gasteiger partial charge in [-0.15, -0.1) is 11.3 Å². The Kier molecular flexibility index (Phi) is 6.45. The van der Waals surface area contributed by atoms with Crippen LogP contribution in [0, 0.1) is 0 Å². The quantitative estimate of drug-likeness (QED) is 0.619. The van der Waals surface area contributed by atoms with Gasteiger partial charge in [-0.1, -0.05) is 6.07 Å². The van der Waals surface area contributed by atoms with Crippen molar-refractivity contribution in [2.75, 3.05) is 31.3 Å². The zero-order valence-electron chi connectivity index (χ0n) is 15.3. The number of carbonyl (C=O) groups is 1. The molecule has 3 aromatic rings. The smallest absolute Gasteiger partial charge is 0.227 e. The number of nitrogens with one attached hydrogen (secondary N) is 2. The summed E-state index contributed by atoms with van der Waals surface area (Å²) in [4.78, 5) is 27.1. The molecule has 140 valence electrons. The van der Waals surface area contributed by atoms with Crippen molar-refractivity contribution in [2.24, 2.45) is 0 Å². The van der Waals surface area contributed by atoms with Gasteiger partial charge in [-0.3, -0.25) is 4.79 Å². The third-order valence-corrected chi connectivity index (χ3v) is 4.51. The fraction of sp³-hybridized carbons (Fsp3) is 0.263. The molecule has 2 N–H and O–H groups in total. The van der Waals surface area contributed by atoms with Crippen LogP contribution < -0.4 is 10.6 Å². The van der Waals surface area contributed by atoms with Crippen molar-refractivity contribution in [1.29, 1.82) is 0 Å². The minimum absolute atomic E-state index is 0.0102. The Morgan fingerprint density at radius 2 is 2.00 bits per heavy atom. The molecule has 0 spiro atoms. The number of carbonyl (C=O) groups excluding carboxylic acids is 1. The third-order valence-electron chi connectivity index (χ3n) is 3.72. The molecule has 3 rings (SSSR count). The maximum atomic E-state index is 12.1. The highest BCUT2D eigenvalue weighted by Gasteiger charge is 2.07. The molecule has 0 bridgehead atoms. The minimum atomic E-state index is 0.0102. The first-order valence-corrected chi connectivity index (χ1v) is 9.53. The Morgan fingerprint density at radius 3 is 2.78 bits per heavy atom. The number of anilines is 3. The monoisotopic (exact) mass is 382 g/mol. The normalized spacial score (nSPS) is 10.8. The van der Waals surface area contributed by atoms with E-state index in [-0.39, 0.29) is 5.91 Å². The van der Waals surface area contributed by atoms with E-state index in [1.165, 1.54) is 11.3 Å². The van der Waals surface area contributed by atoms with Crippen LogP contribution in [0.15, 0.2) is 48.1 Å². The lowest BCUT2D eigenvalue weighted by molar-refractivity contribution is -0.116. The summed E-state index contributed by atoms with van der Waals surface area (Å²) < 4.78 is 0. The average molecular weight is 382 g/mol. The van der Waals surface area contributed by atoms with Gasteiger partial charge in [0, 0.05) is 35.6 Å². The summed E-state index contributed by atoms with van der Waals surface area (Å²) in [6, 6.07) is 9.34. The van der Waals surface area contributed by atoms with Crippen LogP contribution in [0.25, 0.3) is 10.7 Å². The van der Waals surface area contributed by atoms with Gasteiger partial charge < -0.3 is 15.5 Å². The number of hydrogen-bond donors (Lipinski definition) is 2. The topological polar surface area (TPSA) is 83.0 Å². The first-order valence-electron chi connectivity index (χ1n) is 8.65. The van der Waals surface area contributed by atoms with Crippen molar-refractivity contribution in [3.05, 3.63) is 48.1 Å². The maximum absolute atomic E-state index is 12.1. The first-order chi connectivity index (χ1) is 13.1. The summed E-state index contributed by atoms with van der Waals surface area (Å²) >= 11 is 1.53. The highest BCUT2D eigenvalue weighted by molar-refractivity contribution is 7.13. The van der Waals surface area contributed by atoms with Crippen LogP contribution in [0.5, 0.6) is 0 Å². The molecule has 7 nitrogen and oxygen atoms in total. The summed E-state index contributed by atoms with van der Waals surface area (Å²) in [5.41, 5.74) is 2.32. The van der Waals surface area contributed by atoms with Crippen LogP contribution in [0.2, 0.25) is 0 Å². The number of aromatic nitrogens is 3. The van der Waals surface area contributed by atoms with Gasteiger partial charge in [0.1, 0.15) is 10.7 Å². The van der Waals surface area contributed by atoms with E-state index in [4.69, 9.17) is 0 Å². The molecule has 0 aliphatic rings. The number of rotatable bonds is 8. The van der Waals surface area contributed by atoms with E-state index in [9.17, 15) is 4.79 Å². The molecule has 2 heterocycles. The van der Waals surface area contributed by atoms with Crippen LogP contribution >= 0.6 is 11.3 Å².